The average molecular weight is 292 g/mol. The Morgan fingerprint density at radius 1 is 1.24 bits per heavy atom. The van der Waals surface area contributed by atoms with E-state index in [0.717, 1.165) is 17.9 Å². The van der Waals surface area contributed by atoms with Gasteiger partial charge in [0.05, 0.1) is 19.7 Å². The van der Waals surface area contributed by atoms with E-state index in [1.54, 1.807) is 13.2 Å². The van der Waals surface area contributed by atoms with Gasteiger partial charge in [-0.15, -0.1) is 0 Å². The van der Waals surface area contributed by atoms with Crippen LogP contribution in [-0.4, -0.2) is 38.8 Å². The molecule has 4 heteroatoms. The lowest BCUT2D eigenvalue weighted by atomic mass is 10.1. The van der Waals surface area contributed by atoms with Gasteiger partial charge in [0.25, 0.3) is 0 Å². The van der Waals surface area contributed by atoms with Gasteiger partial charge < -0.3 is 14.4 Å². The molecular weight excluding hydrogens is 266 g/mol. The molecule has 0 radical (unpaired) electrons. The largest absolute Gasteiger partial charge is 0.497 e. The lowest BCUT2D eigenvalue weighted by molar-refractivity contribution is -0.927. The molecule has 0 aliphatic rings. The second-order valence-corrected chi connectivity index (χ2v) is 6.05. The van der Waals surface area contributed by atoms with Crippen molar-refractivity contribution in [3.05, 3.63) is 35.9 Å². The summed E-state index contributed by atoms with van der Waals surface area (Å²) in [7, 11) is 3.72. The van der Waals surface area contributed by atoms with Crippen LogP contribution in [0.25, 0.3) is 6.08 Å². The minimum atomic E-state index is -0.312. The number of likely N-dealkylation sites (N-methyl/N-ethyl adjacent to an activating group) is 1. The minimum absolute atomic E-state index is 0.158. The van der Waals surface area contributed by atoms with Crippen molar-refractivity contribution in [1.29, 1.82) is 0 Å². The second kappa shape index (κ2) is 7.84. The maximum Gasteiger partial charge on any atom is 0.330 e. The molecular formula is C17H26NO3+. The van der Waals surface area contributed by atoms with Crippen molar-refractivity contribution in [2.24, 2.45) is 0 Å². The molecule has 4 nitrogen and oxygen atoms in total. The molecule has 1 rings (SSSR count). The zero-order valence-electron chi connectivity index (χ0n) is 13.6. The molecule has 0 aromatic heterocycles. The molecule has 21 heavy (non-hydrogen) atoms. The van der Waals surface area contributed by atoms with Crippen LogP contribution in [0.15, 0.2) is 30.3 Å². The Hall–Kier alpha value is -1.81. The SMILES string of the molecule is COc1ccc(/C=C/C(=O)OCC[NH+](C)C(C)(C)C)cc1. The number of nitrogens with one attached hydrogen (secondary N) is 1. The monoisotopic (exact) mass is 292 g/mol. The summed E-state index contributed by atoms with van der Waals surface area (Å²) in [6.45, 7) is 7.70. The minimum Gasteiger partial charge on any atom is -0.497 e. The number of rotatable bonds is 6. The Morgan fingerprint density at radius 3 is 2.38 bits per heavy atom. The normalized spacial score (nSPS) is 13.2. The number of hydrogen-bond donors (Lipinski definition) is 1. The van der Waals surface area contributed by atoms with Crippen molar-refractivity contribution in [2.45, 2.75) is 26.3 Å². The Morgan fingerprint density at radius 2 is 1.86 bits per heavy atom. The van der Waals surface area contributed by atoms with Gasteiger partial charge in [-0.05, 0) is 44.5 Å². The highest BCUT2D eigenvalue weighted by Crippen LogP contribution is 2.12. The zero-order chi connectivity index (χ0) is 15.9. The third-order valence-corrected chi connectivity index (χ3v) is 3.53. The van der Waals surface area contributed by atoms with Gasteiger partial charge in [0.2, 0.25) is 0 Å². The lowest BCUT2D eigenvalue weighted by Gasteiger charge is -2.28. The standard InChI is InChI=1S/C17H25NO3/c1-17(2,3)18(4)12-13-21-16(19)11-8-14-6-9-15(20-5)10-7-14/h6-11H,12-13H2,1-5H3/p+1/b11-8+. The molecule has 0 amide bonds. The lowest BCUT2D eigenvalue weighted by Crippen LogP contribution is -3.16. The molecule has 1 aromatic rings. The molecule has 1 unspecified atom stereocenters. The first-order valence-electron chi connectivity index (χ1n) is 7.14. The molecule has 1 N–H and O–H groups in total. The van der Waals surface area contributed by atoms with Crippen LogP contribution >= 0.6 is 0 Å². The van der Waals surface area contributed by atoms with Crippen LogP contribution < -0.4 is 9.64 Å². The molecule has 0 aliphatic heterocycles. The van der Waals surface area contributed by atoms with Gasteiger partial charge in [0.1, 0.15) is 18.9 Å². The Labute approximate surface area is 127 Å². The number of carbonyl (C=O) groups excluding carboxylic acids is 1. The van der Waals surface area contributed by atoms with Crippen molar-refractivity contribution in [2.75, 3.05) is 27.3 Å². The number of benzene rings is 1. The van der Waals surface area contributed by atoms with E-state index in [0.29, 0.717) is 6.61 Å². The van der Waals surface area contributed by atoms with E-state index in [9.17, 15) is 4.79 Å². The van der Waals surface area contributed by atoms with E-state index in [1.165, 1.54) is 11.0 Å². The topological polar surface area (TPSA) is 40.0 Å². The number of ether oxygens (including phenoxy) is 2. The second-order valence-electron chi connectivity index (χ2n) is 6.05. The van der Waals surface area contributed by atoms with Gasteiger partial charge in [-0.3, -0.25) is 0 Å². The van der Waals surface area contributed by atoms with E-state index in [4.69, 9.17) is 9.47 Å². The first-order chi connectivity index (χ1) is 9.82. The molecule has 0 fully saturated rings. The smallest absolute Gasteiger partial charge is 0.330 e. The van der Waals surface area contributed by atoms with Crippen molar-refractivity contribution in [1.82, 2.24) is 0 Å². The summed E-state index contributed by atoms with van der Waals surface area (Å²) in [4.78, 5) is 13.0. The van der Waals surface area contributed by atoms with Crippen LogP contribution in [0, 0.1) is 0 Å². The molecule has 0 saturated carbocycles. The zero-order valence-corrected chi connectivity index (χ0v) is 13.6. The number of esters is 1. The molecule has 1 atom stereocenters. The molecule has 0 spiro atoms. The maximum atomic E-state index is 11.6. The van der Waals surface area contributed by atoms with Gasteiger partial charge in [0, 0.05) is 6.08 Å². The molecule has 1 aromatic carbocycles. The van der Waals surface area contributed by atoms with Crippen molar-refractivity contribution < 1.29 is 19.2 Å². The van der Waals surface area contributed by atoms with E-state index in [-0.39, 0.29) is 11.5 Å². The van der Waals surface area contributed by atoms with Gasteiger partial charge in [-0.1, -0.05) is 12.1 Å². The molecule has 0 bridgehead atoms. The van der Waals surface area contributed by atoms with E-state index in [1.807, 2.05) is 24.3 Å². The van der Waals surface area contributed by atoms with Crippen LogP contribution in [0.3, 0.4) is 0 Å². The summed E-state index contributed by atoms with van der Waals surface area (Å²) in [5, 5.41) is 0. The average Bonchev–Trinajstić information content (AvgIpc) is 2.44. The highest BCUT2D eigenvalue weighted by atomic mass is 16.5. The van der Waals surface area contributed by atoms with Gasteiger partial charge in [-0.25, -0.2) is 4.79 Å². The highest BCUT2D eigenvalue weighted by Gasteiger charge is 2.20. The quantitative estimate of drug-likeness (QED) is 0.639. The molecule has 0 heterocycles. The summed E-state index contributed by atoms with van der Waals surface area (Å²) >= 11 is 0. The fraction of sp³-hybridized carbons (Fsp3) is 0.471. The fourth-order valence-electron chi connectivity index (χ4n) is 1.61. The Bertz CT molecular complexity index is 472. The van der Waals surface area contributed by atoms with Crippen LogP contribution in [0.1, 0.15) is 26.3 Å². The Kier molecular flexibility index (Phi) is 6.43. The molecule has 0 saturated heterocycles. The molecule has 0 aliphatic carbocycles. The summed E-state index contributed by atoms with van der Waals surface area (Å²) in [6.07, 6.45) is 3.19. The summed E-state index contributed by atoms with van der Waals surface area (Å²) in [5.74, 6) is 0.482. The van der Waals surface area contributed by atoms with E-state index >= 15 is 0 Å². The van der Waals surface area contributed by atoms with E-state index < -0.39 is 0 Å². The van der Waals surface area contributed by atoms with Gasteiger partial charge in [0.15, 0.2) is 0 Å². The van der Waals surface area contributed by atoms with Crippen molar-refractivity contribution in [3.8, 4) is 5.75 Å². The van der Waals surface area contributed by atoms with Crippen molar-refractivity contribution in [3.63, 3.8) is 0 Å². The maximum absolute atomic E-state index is 11.6. The summed E-state index contributed by atoms with van der Waals surface area (Å²) < 4.78 is 10.3. The molecule has 116 valence electrons. The Balaban J connectivity index is 2.37. The number of carbonyl (C=O) groups is 1. The first kappa shape index (κ1) is 17.2. The van der Waals surface area contributed by atoms with Crippen LogP contribution in [0.5, 0.6) is 5.75 Å². The fourth-order valence-corrected chi connectivity index (χ4v) is 1.61. The third kappa shape index (κ3) is 6.45. The summed E-state index contributed by atoms with van der Waals surface area (Å²) in [6, 6.07) is 7.49. The number of quaternary nitrogens is 1. The number of methoxy groups -OCH3 is 1. The van der Waals surface area contributed by atoms with Gasteiger partial charge in [-0.2, -0.15) is 0 Å². The predicted molar refractivity (Wildman–Crippen MR) is 84.5 cm³/mol. The van der Waals surface area contributed by atoms with E-state index in [2.05, 4.69) is 27.8 Å². The predicted octanol–water partition coefficient (Wildman–Crippen LogP) is 1.56. The number of hydrogen-bond acceptors (Lipinski definition) is 3. The van der Waals surface area contributed by atoms with Crippen LogP contribution in [-0.2, 0) is 9.53 Å². The van der Waals surface area contributed by atoms with Crippen LogP contribution in [0.2, 0.25) is 0 Å². The third-order valence-electron chi connectivity index (χ3n) is 3.53. The van der Waals surface area contributed by atoms with Gasteiger partial charge >= 0.3 is 5.97 Å². The first-order valence-corrected chi connectivity index (χ1v) is 7.14. The van der Waals surface area contributed by atoms with Crippen molar-refractivity contribution >= 4 is 12.0 Å². The highest BCUT2D eigenvalue weighted by molar-refractivity contribution is 5.87. The van der Waals surface area contributed by atoms with Crippen LogP contribution in [0.4, 0.5) is 0 Å². The summed E-state index contributed by atoms with van der Waals surface area (Å²) in [5.41, 5.74) is 1.09.